The molecular weight excluding hydrogens is 312 g/mol. The van der Waals surface area contributed by atoms with Gasteiger partial charge in [-0.3, -0.25) is 0 Å². The molecule has 0 aromatic heterocycles. The minimum Gasteiger partial charge on any atom is -0.497 e. The summed E-state index contributed by atoms with van der Waals surface area (Å²) in [5.74, 6) is 2.60. The fourth-order valence-electron chi connectivity index (χ4n) is 1.93. The fraction of sp³-hybridized carbons (Fsp3) is 0.333. The summed E-state index contributed by atoms with van der Waals surface area (Å²) in [6.07, 6.45) is -2.13. The van der Waals surface area contributed by atoms with Crippen LogP contribution in [0.2, 0.25) is 0 Å². The Morgan fingerprint density at radius 3 is 1.21 bits per heavy atom. The molecule has 0 aliphatic heterocycles. The van der Waals surface area contributed by atoms with Gasteiger partial charge >= 0.3 is 0 Å². The third kappa shape index (κ3) is 5.33. The number of methoxy groups -OCH3 is 2. The third-order valence-electron chi connectivity index (χ3n) is 3.40. The maximum absolute atomic E-state index is 9.94. The Morgan fingerprint density at radius 1 is 0.625 bits per heavy atom. The molecule has 2 atom stereocenters. The van der Waals surface area contributed by atoms with Gasteiger partial charge in [-0.1, -0.05) is 0 Å². The second kappa shape index (κ2) is 9.00. The van der Waals surface area contributed by atoms with Crippen molar-refractivity contribution in [2.24, 2.45) is 0 Å². The number of benzene rings is 2. The van der Waals surface area contributed by atoms with E-state index in [1.54, 1.807) is 62.8 Å². The van der Waals surface area contributed by atoms with E-state index in [2.05, 4.69) is 0 Å². The lowest BCUT2D eigenvalue weighted by Crippen LogP contribution is -2.36. The van der Waals surface area contributed by atoms with Gasteiger partial charge in [0.05, 0.1) is 14.2 Å². The molecule has 0 aliphatic rings. The molecule has 0 saturated carbocycles. The highest BCUT2D eigenvalue weighted by atomic mass is 16.5. The van der Waals surface area contributed by atoms with E-state index in [0.717, 1.165) is 11.5 Å². The molecule has 2 N–H and O–H groups in total. The molecule has 0 bridgehead atoms. The Bertz CT molecular complexity index is 540. The molecule has 2 aromatic rings. The zero-order valence-corrected chi connectivity index (χ0v) is 13.7. The van der Waals surface area contributed by atoms with E-state index in [4.69, 9.17) is 18.9 Å². The van der Waals surface area contributed by atoms with Crippen LogP contribution in [0.25, 0.3) is 0 Å². The first-order chi connectivity index (χ1) is 11.6. The van der Waals surface area contributed by atoms with Crippen molar-refractivity contribution in [1.29, 1.82) is 0 Å². The third-order valence-corrected chi connectivity index (χ3v) is 3.40. The van der Waals surface area contributed by atoms with Crippen molar-refractivity contribution in [3.05, 3.63) is 48.5 Å². The van der Waals surface area contributed by atoms with Crippen LogP contribution in [-0.4, -0.2) is 49.9 Å². The Balaban J connectivity index is 1.75. The van der Waals surface area contributed by atoms with Crippen molar-refractivity contribution in [2.75, 3.05) is 27.4 Å². The predicted molar refractivity (Wildman–Crippen MR) is 89.0 cm³/mol. The second-order valence-electron chi connectivity index (χ2n) is 5.11. The van der Waals surface area contributed by atoms with E-state index in [9.17, 15) is 10.2 Å². The smallest absolute Gasteiger partial charge is 0.119 e. The van der Waals surface area contributed by atoms with Crippen LogP contribution < -0.4 is 18.9 Å². The van der Waals surface area contributed by atoms with Gasteiger partial charge in [0.25, 0.3) is 0 Å². The molecular formula is C18H22O6. The van der Waals surface area contributed by atoms with Crippen molar-refractivity contribution in [3.8, 4) is 23.0 Å². The van der Waals surface area contributed by atoms with E-state index in [1.807, 2.05) is 0 Å². The Morgan fingerprint density at radius 2 is 0.917 bits per heavy atom. The summed E-state index contributed by atoms with van der Waals surface area (Å²) in [7, 11) is 3.16. The molecule has 6 nitrogen and oxygen atoms in total. The molecule has 0 saturated heterocycles. The van der Waals surface area contributed by atoms with Crippen LogP contribution in [0.4, 0.5) is 0 Å². The van der Waals surface area contributed by atoms with E-state index in [-0.39, 0.29) is 13.2 Å². The topological polar surface area (TPSA) is 77.4 Å². The number of rotatable bonds is 9. The van der Waals surface area contributed by atoms with Gasteiger partial charge in [-0.05, 0) is 48.5 Å². The largest absolute Gasteiger partial charge is 0.497 e. The standard InChI is InChI=1S/C18H22O6/c1-21-13-3-7-15(8-4-13)23-11-17(19)18(20)12-24-16-9-5-14(22-2)6-10-16/h3-10,17-20H,11-12H2,1-2H3. The molecule has 2 aromatic carbocycles. The number of aliphatic hydroxyl groups excluding tert-OH is 2. The SMILES string of the molecule is COc1ccc(OCC(O)C(O)COc2ccc(OC)cc2)cc1. The summed E-state index contributed by atoms with van der Waals surface area (Å²) in [6, 6.07) is 13.9. The second-order valence-corrected chi connectivity index (χ2v) is 5.11. The fourth-order valence-corrected chi connectivity index (χ4v) is 1.93. The zero-order valence-electron chi connectivity index (χ0n) is 13.7. The molecule has 0 radical (unpaired) electrons. The summed E-state index contributed by atoms with van der Waals surface area (Å²) in [4.78, 5) is 0. The predicted octanol–water partition coefficient (Wildman–Crippen LogP) is 1.88. The zero-order chi connectivity index (χ0) is 17.4. The van der Waals surface area contributed by atoms with Crippen LogP contribution in [0.1, 0.15) is 0 Å². The molecule has 2 rings (SSSR count). The number of aliphatic hydroxyl groups is 2. The average Bonchev–Trinajstić information content (AvgIpc) is 2.64. The molecule has 0 heterocycles. The molecule has 6 heteroatoms. The normalized spacial score (nSPS) is 13.0. The summed E-state index contributed by atoms with van der Waals surface area (Å²) >= 11 is 0. The quantitative estimate of drug-likeness (QED) is 0.729. The average molecular weight is 334 g/mol. The monoisotopic (exact) mass is 334 g/mol. The maximum Gasteiger partial charge on any atom is 0.119 e. The maximum atomic E-state index is 9.94. The van der Waals surface area contributed by atoms with Crippen LogP contribution in [0.3, 0.4) is 0 Å². The van der Waals surface area contributed by atoms with Crippen LogP contribution in [0.5, 0.6) is 23.0 Å². The number of hydrogen-bond donors (Lipinski definition) is 2. The Kier molecular flexibility index (Phi) is 6.72. The Hall–Kier alpha value is -2.44. The summed E-state index contributed by atoms with van der Waals surface area (Å²) in [5.41, 5.74) is 0. The molecule has 2 unspecified atom stereocenters. The molecule has 130 valence electrons. The van der Waals surface area contributed by atoms with Crippen molar-refractivity contribution >= 4 is 0 Å². The first kappa shape index (κ1) is 17.9. The van der Waals surface area contributed by atoms with Gasteiger partial charge in [0.2, 0.25) is 0 Å². The summed E-state index contributed by atoms with van der Waals surface area (Å²) in [5, 5.41) is 19.9. The van der Waals surface area contributed by atoms with Gasteiger partial charge in [0.1, 0.15) is 48.4 Å². The first-order valence-electron chi connectivity index (χ1n) is 7.52. The number of ether oxygens (including phenoxy) is 4. The molecule has 0 amide bonds. The molecule has 0 spiro atoms. The van der Waals surface area contributed by atoms with Crippen molar-refractivity contribution < 1.29 is 29.2 Å². The van der Waals surface area contributed by atoms with E-state index < -0.39 is 12.2 Å². The van der Waals surface area contributed by atoms with Crippen molar-refractivity contribution in [1.82, 2.24) is 0 Å². The molecule has 24 heavy (non-hydrogen) atoms. The lowest BCUT2D eigenvalue weighted by molar-refractivity contribution is -0.0288. The minimum absolute atomic E-state index is 0.0422. The lowest BCUT2D eigenvalue weighted by atomic mass is 10.2. The van der Waals surface area contributed by atoms with Gasteiger partial charge in [-0.2, -0.15) is 0 Å². The van der Waals surface area contributed by atoms with E-state index in [1.165, 1.54) is 0 Å². The number of hydrogen-bond acceptors (Lipinski definition) is 6. The minimum atomic E-state index is -1.06. The van der Waals surface area contributed by atoms with Gasteiger partial charge in [-0.15, -0.1) is 0 Å². The first-order valence-corrected chi connectivity index (χ1v) is 7.52. The van der Waals surface area contributed by atoms with Gasteiger partial charge in [0, 0.05) is 0 Å². The Labute approximate surface area is 141 Å². The van der Waals surface area contributed by atoms with Crippen LogP contribution in [0, 0.1) is 0 Å². The lowest BCUT2D eigenvalue weighted by Gasteiger charge is -2.19. The van der Waals surface area contributed by atoms with E-state index >= 15 is 0 Å². The highest BCUT2D eigenvalue weighted by Gasteiger charge is 2.18. The summed E-state index contributed by atoms with van der Waals surface area (Å²) < 4.78 is 21.0. The van der Waals surface area contributed by atoms with Crippen molar-refractivity contribution in [2.45, 2.75) is 12.2 Å². The molecule has 0 aliphatic carbocycles. The van der Waals surface area contributed by atoms with Gasteiger partial charge in [-0.25, -0.2) is 0 Å². The summed E-state index contributed by atoms with van der Waals surface area (Å²) in [6.45, 7) is -0.0844. The van der Waals surface area contributed by atoms with Crippen LogP contribution in [0.15, 0.2) is 48.5 Å². The van der Waals surface area contributed by atoms with Gasteiger partial charge < -0.3 is 29.2 Å². The highest BCUT2D eigenvalue weighted by molar-refractivity contribution is 5.31. The molecule has 0 fully saturated rings. The van der Waals surface area contributed by atoms with Crippen LogP contribution >= 0.6 is 0 Å². The van der Waals surface area contributed by atoms with Crippen LogP contribution in [-0.2, 0) is 0 Å². The van der Waals surface area contributed by atoms with E-state index in [0.29, 0.717) is 11.5 Å². The highest BCUT2D eigenvalue weighted by Crippen LogP contribution is 2.18. The van der Waals surface area contributed by atoms with Gasteiger partial charge in [0.15, 0.2) is 0 Å². The van der Waals surface area contributed by atoms with Crippen molar-refractivity contribution in [3.63, 3.8) is 0 Å².